The molecule has 2 heterocycles. The van der Waals surface area contributed by atoms with Crippen LogP contribution in [0.5, 0.6) is 5.75 Å². The van der Waals surface area contributed by atoms with Gasteiger partial charge in [0.25, 0.3) is 0 Å². The number of hydrogen-bond acceptors (Lipinski definition) is 5. The Hall–Kier alpha value is -2.77. The van der Waals surface area contributed by atoms with Crippen molar-refractivity contribution in [1.82, 2.24) is 10.2 Å². The molecule has 140 valence electrons. The minimum atomic E-state index is -0.416. The lowest BCUT2D eigenvalue weighted by atomic mass is 10.1. The Kier molecular flexibility index (Phi) is 5.60. The van der Waals surface area contributed by atoms with Gasteiger partial charge in [0.2, 0.25) is 11.8 Å². The van der Waals surface area contributed by atoms with Gasteiger partial charge in [0.1, 0.15) is 5.75 Å². The molecule has 1 atom stereocenters. The highest BCUT2D eigenvalue weighted by molar-refractivity contribution is 6.01. The van der Waals surface area contributed by atoms with Gasteiger partial charge in [-0.05, 0) is 18.6 Å². The largest absolute Gasteiger partial charge is 0.495 e. The van der Waals surface area contributed by atoms with Gasteiger partial charge in [-0.3, -0.25) is 9.59 Å². The molecule has 1 N–H and O–H groups in total. The lowest BCUT2D eigenvalue weighted by Crippen LogP contribution is -2.43. The molecule has 0 unspecified atom stereocenters. The third-order valence-corrected chi connectivity index (χ3v) is 4.61. The van der Waals surface area contributed by atoms with Crippen molar-refractivity contribution in [1.29, 1.82) is 0 Å². The molecule has 0 spiro atoms. The number of hydrogen-bond donors (Lipinski definition) is 1. The molecule has 0 aromatic heterocycles. The van der Waals surface area contributed by atoms with Crippen LogP contribution in [-0.4, -0.2) is 62.7 Å². The summed E-state index contributed by atoms with van der Waals surface area (Å²) >= 11 is 0. The summed E-state index contributed by atoms with van der Waals surface area (Å²) in [7, 11) is 1.55. The van der Waals surface area contributed by atoms with Crippen molar-refractivity contribution < 1.29 is 23.9 Å². The smallest absolute Gasteiger partial charge is 0.409 e. The van der Waals surface area contributed by atoms with E-state index >= 15 is 0 Å². The second-order valence-electron chi connectivity index (χ2n) is 6.32. The number of nitrogens with one attached hydrogen (secondary N) is 1. The van der Waals surface area contributed by atoms with Crippen LogP contribution in [0.2, 0.25) is 0 Å². The van der Waals surface area contributed by atoms with E-state index in [-0.39, 0.29) is 24.3 Å². The predicted molar refractivity (Wildman–Crippen MR) is 94.0 cm³/mol. The van der Waals surface area contributed by atoms with Crippen molar-refractivity contribution in [3.8, 4) is 5.75 Å². The highest BCUT2D eigenvalue weighted by Gasteiger charge is 2.36. The molecule has 2 saturated heterocycles. The number of carbonyl (C=O) groups excluding carboxylic acids is 3. The summed E-state index contributed by atoms with van der Waals surface area (Å²) in [6.45, 7) is 2.15. The average Bonchev–Trinajstić information content (AvgIpc) is 3.05. The highest BCUT2D eigenvalue weighted by atomic mass is 16.6. The van der Waals surface area contributed by atoms with E-state index < -0.39 is 5.92 Å². The van der Waals surface area contributed by atoms with Gasteiger partial charge >= 0.3 is 6.09 Å². The Morgan fingerprint density at radius 3 is 2.92 bits per heavy atom. The molecule has 0 saturated carbocycles. The van der Waals surface area contributed by atoms with Crippen LogP contribution in [0.15, 0.2) is 24.3 Å². The summed E-state index contributed by atoms with van der Waals surface area (Å²) in [6, 6.07) is 7.25. The van der Waals surface area contributed by atoms with Crippen LogP contribution in [-0.2, 0) is 14.3 Å². The fourth-order valence-electron chi connectivity index (χ4n) is 3.23. The van der Waals surface area contributed by atoms with Gasteiger partial charge < -0.3 is 24.6 Å². The first-order chi connectivity index (χ1) is 12.6. The normalized spacial score (nSPS) is 20.1. The number of amides is 3. The Morgan fingerprint density at radius 1 is 1.35 bits per heavy atom. The lowest BCUT2D eigenvalue weighted by Gasteiger charge is -2.26. The van der Waals surface area contributed by atoms with Gasteiger partial charge in [-0.1, -0.05) is 12.1 Å². The Labute approximate surface area is 152 Å². The molecule has 0 bridgehead atoms. The Morgan fingerprint density at radius 2 is 2.15 bits per heavy atom. The monoisotopic (exact) mass is 361 g/mol. The van der Waals surface area contributed by atoms with Crippen molar-refractivity contribution in [3.05, 3.63) is 24.3 Å². The fraction of sp³-hybridized carbons (Fsp3) is 0.500. The molecule has 8 heteroatoms. The number of anilines is 1. The number of ether oxygens (including phenoxy) is 2. The molecule has 1 aromatic rings. The first-order valence-electron chi connectivity index (χ1n) is 8.73. The van der Waals surface area contributed by atoms with Gasteiger partial charge in [0.15, 0.2) is 0 Å². The average molecular weight is 361 g/mol. The fourth-order valence-corrected chi connectivity index (χ4v) is 3.23. The number of methoxy groups -OCH3 is 1. The third kappa shape index (κ3) is 3.89. The van der Waals surface area contributed by atoms with Gasteiger partial charge in [0, 0.05) is 32.6 Å². The SMILES string of the molecule is COc1ccccc1N1C[C@H](C(=O)NCCN2CCCOC2=O)CC1=O. The van der Waals surface area contributed by atoms with Gasteiger partial charge in [-0.25, -0.2) is 4.79 Å². The van der Waals surface area contributed by atoms with Crippen LogP contribution < -0.4 is 15.0 Å². The zero-order valence-corrected chi connectivity index (χ0v) is 14.8. The number of nitrogens with zero attached hydrogens (tertiary/aromatic N) is 2. The molecule has 0 aliphatic carbocycles. The maximum Gasteiger partial charge on any atom is 0.409 e. The molecule has 0 radical (unpaired) electrons. The molecule has 3 amide bonds. The second kappa shape index (κ2) is 8.07. The maximum absolute atomic E-state index is 12.4. The van der Waals surface area contributed by atoms with Gasteiger partial charge in [0.05, 0.1) is 25.3 Å². The molecular formula is C18H23N3O5. The van der Waals surface area contributed by atoms with Crippen LogP contribution in [0.4, 0.5) is 10.5 Å². The molecule has 8 nitrogen and oxygen atoms in total. The van der Waals surface area contributed by atoms with E-state index in [9.17, 15) is 14.4 Å². The standard InChI is InChI=1S/C18H23N3O5/c1-25-15-6-3-2-5-14(15)21-12-13(11-16(21)22)17(23)19-7-9-20-8-4-10-26-18(20)24/h2-3,5-6,13H,4,7-12H2,1H3,(H,19,23)/t13-/m1/s1. The first-order valence-corrected chi connectivity index (χ1v) is 8.73. The number of cyclic esters (lactones) is 1. The molecule has 3 rings (SSSR count). The van der Waals surface area contributed by atoms with E-state index in [1.54, 1.807) is 29.0 Å². The van der Waals surface area contributed by atoms with Crippen molar-refractivity contribution in [3.63, 3.8) is 0 Å². The van der Waals surface area contributed by atoms with E-state index in [4.69, 9.17) is 9.47 Å². The quantitative estimate of drug-likeness (QED) is 0.817. The third-order valence-electron chi connectivity index (χ3n) is 4.61. The summed E-state index contributed by atoms with van der Waals surface area (Å²) in [5.74, 6) is -0.0957. The molecule has 1 aromatic carbocycles. The number of carbonyl (C=O) groups is 3. The van der Waals surface area contributed by atoms with E-state index in [1.807, 2.05) is 12.1 Å². The lowest BCUT2D eigenvalue weighted by molar-refractivity contribution is -0.126. The van der Waals surface area contributed by atoms with Crippen LogP contribution in [0.25, 0.3) is 0 Å². The first kappa shape index (κ1) is 18.0. The number of benzene rings is 1. The van der Waals surface area contributed by atoms with Crippen LogP contribution in [0, 0.1) is 5.92 Å². The van der Waals surface area contributed by atoms with E-state index in [0.717, 1.165) is 6.42 Å². The van der Waals surface area contributed by atoms with Crippen molar-refractivity contribution >= 4 is 23.6 Å². The summed E-state index contributed by atoms with van der Waals surface area (Å²) in [5, 5.41) is 2.82. The van der Waals surface area contributed by atoms with Crippen molar-refractivity contribution in [2.75, 3.05) is 44.8 Å². The number of para-hydroxylation sites is 2. The minimum Gasteiger partial charge on any atom is -0.495 e. The highest BCUT2D eigenvalue weighted by Crippen LogP contribution is 2.32. The molecule has 2 aliphatic rings. The van der Waals surface area contributed by atoms with Crippen LogP contribution >= 0.6 is 0 Å². The Bertz CT molecular complexity index is 693. The van der Waals surface area contributed by atoms with Gasteiger partial charge in [-0.15, -0.1) is 0 Å². The second-order valence-corrected chi connectivity index (χ2v) is 6.32. The topological polar surface area (TPSA) is 88.2 Å². The van der Waals surface area contributed by atoms with Crippen LogP contribution in [0.3, 0.4) is 0 Å². The maximum atomic E-state index is 12.4. The minimum absolute atomic E-state index is 0.103. The predicted octanol–water partition coefficient (Wildman–Crippen LogP) is 1.01. The van der Waals surface area contributed by atoms with Crippen molar-refractivity contribution in [2.45, 2.75) is 12.8 Å². The summed E-state index contributed by atoms with van der Waals surface area (Å²) in [4.78, 5) is 39.5. The zero-order valence-electron chi connectivity index (χ0n) is 14.8. The molecule has 26 heavy (non-hydrogen) atoms. The zero-order chi connectivity index (χ0) is 18.5. The molecular weight excluding hydrogens is 338 g/mol. The summed E-state index contributed by atoms with van der Waals surface area (Å²) in [5.41, 5.74) is 0.673. The number of rotatable bonds is 6. The Balaban J connectivity index is 1.53. The molecule has 2 aliphatic heterocycles. The van der Waals surface area contributed by atoms with E-state index in [0.29, 0.717) is 44.2 Å². The van der Waals surface area contributed by atoms with Gasteiger partial charge in [-0.2, -0.15) is 0 Å². The van der Waals surface area contributed by atoms with Crippen LogP contribution in [0.1, 0.15) is 12.8 Å². The van der Waals surface area contributed by atoms with Crippen molar-refractivity contribution in [2.24, 2.45) is 5.92 Å². The van der Waals surface area contributed by atoms with E-state index in [1.165, 1.54) is 0 Å². The van der Waals surface area contributed by atoms with E-state index in [2.05, 4.69) is 5.32 Å². The summed E-state index contributed by atoms with van der Waals surface area (Å²) in [6.07, 6.45) is 0.615. The summed E-state index contributed by atoms with van der Waals surface area (Å²) < 4.78 is 10.3. The molecule has 2 fully saturated rings.